The van der Waals surface area contributed by atoms with E-state index in [-0.39, 0.29) is 0 Å². The highest BCUT2D eigenvalue weighted by Gasteiger charge is 2.19. The maximum Gasteiger partial charge on any atom is 0.246 e. The normalized spacial score (nSPS) is 12.3. The lowest BCUT2D eigenvalue weighted by molar-refractivity contribution is 0.653. The molecule has 0 bridgehead atoms. The van der Waals surface area contributed by atoms with Crippen LogP contribution in [0.15, 0.2) is 147 Å². The second-order valence-corrected chi connectivity index (χ2v) is 12.1. The summed E-state index contributed by atoms with van der Waals surface area (Å²) in [4.78, 5) is 9.87. The molecule has 0 spiro atoms. The second kappa shape index (κ2) is 9.05. The van der Waals surface area contributed by atoms with E-state index >= 15 is 0 Å². The predicted octanol–water partition coefficient (Wildman–Crippen LogP) is 11.8. The third-order valence-electron chi connectivity index (χ3n) is 9.54. The van der Waals surface area contributed by atoms with Gasteiger partial charge in [0, 0.05) is 38.1 Å². The van der Waals surface area contributed by atoms with Crippen LogP contribution in [0, 0.1) is 0 Å². The van der Waals surface area contributed by atoms with Crippen LogP contribution in [0.5, 0.6) is 0 Å². The number of benzene rings is 7. The lowest BCUT2D eigenvalue weighted by atomic mass is 9.99. The molecule has 7 aromatic carbocycles. The zero-order valence-electron chi connectivity index (χ0n) is 24.8. The second-order valence-electron chi connectivity index (χ2n) is 12.1. The molecule has 0 saturated carbocycles. The molecule has 0 aliphatic heterocycles. The Morgan fingerprint density at radius 3 is 1.74 bits per heavy atom. The number of hydrogen-bond donors (Lipinski definition) is 0. The average Bonchev–Trinajstić information content (AvgIpc) is 3.82. The number of para-hydroxylation sites is 2. The van der Waals surface area contributed by atoms with Crippen LogP contribution in [-0.2, 0) is 0 Å². The summed E-state index contributed by atoms with van der Waals surface area (Å²) in [7, 11) is 0. The van der Waals surface area contributed by atoms with Crippen molar-refractivity contribution in [1.29, 1.82) is 0 Å². The van der Waals surface area contributed by atoms with E-state index in [1.54, 1.807) is 0 Å². The smallest absolute Gasteiger partial charge is 0.246 e. The van der Waals surface area contributed by atoms with E-state index < -0.39 is 0 Å². The molecule has 218 valence electrons. The third kappa shape index (κ3) is 3.43. The first-order chi connectivity index (χ1) is 23.3. The molecular weight excluding hydrogens is 580 g/mol. The molecule has 0 aliphatic carbocycles. The summed E-state index contributed by atoms with van der Waals surface area (Å²) >= 11 is 0. The zero-order chi connectivity index (χ0) is 30.6. The molecule has 0 saturated heterocycles. The fourth-order valence-corrected chi connectivity index (χ4v) is 7.40. The van der Waals surface area contributed by atoms with Gasteiger partial charge in [0.15, 0.2) is 0 Å². The number of rotatable bonds is 2. The Hall–Kier alpha value is -6.46. The molecule has 47 heavy (non-hydrogen) atoms. The highest BCUT2D eigenvalue weighted by Crippen LogP contribution is 2.42. The average molecular weight is 603 g/mol. The van der Waals surface area contributed by atoms with Crippen molar-refractivity contribution in [3.63, 3.8) is 0 Å². The zero-order valence-corrected chi connectivity index (χ0v) is 24.8. The van der Waals surface area contributed by atoms with Crippen LogP contribution in [-0.4, -0.2) is 9.97 Å². The van der Waals surface area contributed by atoms with Crippen molar-refractivity contribution in [2.24, 2.45) is 0 Å². The first-order valence-corrected chi connectivity index (χ1v) is 15.6. The van der Waals surface area contributed by atoms with Gasteiger partial charge in [0.1, 0.15) is 33.4 Å². The van der Waals surface area contributed by atoms with Crippen molar-refractivity contribution < 1.29 is 13.3 Å². The minimum atomic E-state index is 0.488. The molecule has 11 aromatic rings. The lowest BCUT2D eigenvalue weighted by Crippen LogP contribution is -1.87. The van der Waals surface area contributed by atoms with Gasteiger partial charge in [-0.05, 0) is 57.4 Å². The van der Waals surface area contributed by atoms with Crippen LogP contribution >= 0.6 is 0 Å². The molecule has 0 unspecified atom stereocenters. The van der Waals surface area contributed by atoms with Crippen molar-refractivity contribution in [1.82, 2.24) is 9.97 Å². The van der Waals surface area contributed by atoms with Gasteiger partial charge in [0.25, 0.3) is 0 Å². The summed E-state index contributed by atoms with van der Waals surface area (Å²) in [5, 5.41) is 10.0. The van der Waals surface area contributed by atoms with Gasteiger partial charge in [-0.3, -0.25) is 0 Å². The molecular formula is C42H22N2O3. The molecule has 5 heteroatoms. The van der Waals surface area contributed by atoms with Crippen LogP contribution in [0.1, 0.15) is 0 Å². The van der Waals surface area contributed by atoms with Crippen LogP contribution in [0.25, 0.3) is 110 Å². The fourth-order valence-electron chi connectivity index (χ4n) is 7.40. The number of aromatic nitrogens is 2. The van der Waals surface area contributed by atoms with Gasteiger partial charge in [-0.15, -0.1) is 0 Å². The van der Waals surface area contributed by atoms with Crippen LogP contribution < -0.4 is 0 Å². The Morgan fingerprint density at radius 1 is 0.447 bits per heavy atom. The molecule has 4 heterocycles. The monoisotopic (exact) mass is 602 g/mol. The van der Waals surface area contributed by atoms with Crippen LogP contribution in [0.4, 0.5) is 0 Å². The Bertz CT molecular complexity index is 3090. The van der Waals surface area contributed by atoms with Gasteiger partial charge in [0.2, 0.25) is 5.71 Å². The van der Waals surface area contributed by atoms with E-state index in [4.69, 9.17) is 23.2 Å². The summed E-state index contributed by atoms with van der Waals surface area (Å²) in [5.74, 6) is 0. The van der Waals surface area contributed by atoms with E-state index in [1.807, 2.05) is 30.5 Å². The van der Waals surface area contributed by atoms with Gasteiger partial charge >= 0.3 is 0 Å². The lowest BCUT2D eigenvalue weighted by Gasteiger charge is -2.03. The first kappa shape index (κ1) is 24.8. The van der Waals surface area contributed by atoms with Crippen molar-refractivity contribution >= 4 is 87.6 Å². The van der Waals surface area contributed by atoms with Gasteiger partial charge < -0.3 is 13.3 Å². The summed E-state index contributed by atoms with van der Waals surface area (Å²) < 4.78 is 19.3. The van der Waals surface area contributed by atoms with E-state index in [0.29, 0.717) is 11.4 Å². The van der Waals surface area contributed by atoms with E-state index in [2.05, 4.69) is 103 Å². The Balaban J connectivity index is 1.07. The minimum Gasteiger partial charge on any atom is -0.455 e. The standard InChI is InChI=1S/C42H22N2O3/c1-3-9-26-23(7-1)15-19-35-37(26)30-13-5-11-28(40(30)45-35)25-17-18-34-32(21-25)39-42(47-34)44-33(22-43-39)29-12-6-14-31-38-27-10-4-2-8-24(27)16-20-36(38)46-41(29)31/h1-22H. The predicted molar refractivity (Wildman–Crippen MR) is 190 cm³/mol. The summed E-state index contributed by atoms with van der Waals surface area (Å²) in [6.45, 7) is 0. The Kier molecular flexibility index (Phi) is 4.78. The van der Waals surface area contributed by atoms with E-state index in [9.17, 15) is 0 Å². The molecule has 0 amide bonds. The largest absolute Gasteiger partial charge is 0.455 e. The van der Waals surface area contributed by atoms with Crippen molar-refractivity contribution in [3.05, 3.63) is 134 Å². The molecule has 11 rings (SSSR count). The molecule has 0 aliphatic rings. The minimum absolute atomic E-state index is 0.488. The third-order valence-corrected chi connectivity index (χ3v) is 9.54. The number of fused-ring (bicyclic) bond motifs is 13. The van der Waals surface area contributed by atoms with E-state index in [1.165, 1.54) is 21.5 Å². The molecule has 0 radical (unpaired) electrons. The summed E-state index contributed by atoms with van der Waals surface area (Å²) in [6, 6.07) is 43.9. The van der Waals surface area contributed by atoms with Crippen molar-refractivity contribution in [3.8, 4) is 22.4 Å². The topological polar surface area (TPSA) is 65.2 Å². The quantitative estimate of drug-likeness (QED) is 0.197. The van der Waals surface area contributed by atoms with Gasteiger partial charge in [-0.2, -0.15) is 0 Å². The summed E-state index contributed by atoms with van der Waals surface area (Å²) in [5.41, 5.74) is 8.95. The highest BCUT2D eigenvalue weighted by atomic mass is 16.3. The highest BCUT2D eigenvalue weighted by molar-refractivity contribution is 6.22. The van der Waals surface area contributed by atoms with Gasteiger partial charge in [-0.1, -0.05) is 97.1 Å². The van der Waals surface area contributed by atoms with Gasteiger partial charge in [-0.25, -0.2) is 9.97 Å². The maximum atomic E-state index is 6.51. The van der Waals surface area contributed by atoms with E-state index in [0.717, 1.165) is 77.1 Å². The van der Waals surface area contributed by atoms with Crippen LogP contribution in [0.2, 0.25) is 0 Å². The summed E-state index contributed by atoms with van der Waals surface area (Å²) in [6.07, 6.45) is 1.81. The Labute approximate surface area is 266 Å². The SMILES string of the molecule is c1ccc2c(c1)ccc1oc3c(-c4ccc5oc6nc(-c7cccc8c7oc7ccc9ccccc9c78)cnc6c5c4)cccc3c12. The Morgan fingerprint density at radius 2 is 1.04 bits per heavy atom. The maximum absolute atomic E-state index is 6.51. The van der Waals surface area contributed by atoms with Gasteiger partial charge in [0.05, 0.1) is 11.9 Å². The van der Waals surface area contributed by atoms with Crippen molar-refractivity contribution in [2.75, 3.05) is 0 Å². The molecule has 0 atom stereocenters. The molecule has 0 N–H and O–H groups in total. The first-order valence-electron chi connectivity index (χ1n) is 15.6. The molecule has 4 aromatic heterocycles. The fraction of sp³-hybridized carbons (Fsp3) is 0. The number of hydrogen-bond acceptors (Lipinski definition) is 5. The molecule has 5 nitrogen and oxygen atoms in total. The number of nitrogens with zero attached hydrogens (tertiary/aromatic N) is 2. The van der Waals surface area contributed by atoms with Crippen LogP contribution in [0.3, 0.4) is 0 Å². The number of furan rings is 3. The molecule has 0 fully saturated rings. The van der Waals surface area contributed by atoms with Crippen molar-refractivity contribution in [2.45, 2.75) is 0 Å².